The summed E-state index contributed by atoms with van der Waals surface area (Å²) in [6.45, 7) is 0. The van der Waals surface area contributed by atoms with E-state index < -0.39 is 5.60 Å². The van der Waals surface area contributed by atoms with Gasteiger partial charge in [0.15, 0.2) is 0 Å². The molecule has 0 saturated heterocycles. The Bertz CT molecular complexity index is 1410. The molecular weight excluding hydrogens is 420 g/mol. The van der Waals surface area contributed by atoms with Crippen molar-refractivity contribution in [2.24, 2.45) is 5.92 Å². The van der Waals surface area contributed by atoms with Crippen LogP contribution in [0.3, 0.4) is 0 Å². The van der Waals surface area contributed by atoms with Gasteiger partial charge < -0.3 is 10.4 Å². The molecule has 5 nitrogen and oxygen atoms in total. The average Bonchev–Trinajstić information content (AvgIpc) is 3.72. The van der Waals surface area contributed by atoms with Crippen LogP contribution < -0.4 is 5.32 Å². The van der Waals surface area contributed by atoms with Crippen molar-refractivity contribution in [3.63, 3.8) is 0 Å². The maximum absolute atomic E-state index is 10.9. The van der Waals surface area contributed by atoms with Gasteiger partial charge in [-0.1, -0.05) is 54.6 Å². The molecule has 6 rings (SSSR count). The Kier molecular flexibility index (Phi) is 4.77. The fraction of sp³-hybridized carbons (Fsp3) is 0.276. The van der Waals surface area contributed by atoms with Gasteiger partial charge in [-0.25, -0.2) is 9.97 Å². The van der Waals surface area contributed by atoms with Crippen LogP contribution in [0.4, 0.5) is 0 Å². The van der Waals surface area contributed by atoms with E-state index in [1.54, 1.807) is 6.20 Å². The quantitative estimate of drug-likeness (QED) is 0.441. The highest BCUT2D eigenvalue weighted by molar-refractivity contribution is 5.93. The lowest BCUT2D eigenvalue weighted by Gasteiger charge is -2.54. The molecule has 0 radical (unpaired) electrons. The van der Waals surface area contributed by atoms with Crippen molar-refractivity contribution < 1.29 is 5.11 Å². The third kappa shape index (κ3) is 3.30. The largest absolute Gasteiger partial charge is 0.389 e. The summed E-state index contributed by atoms with van der Waals surface area (Å²) >= 11 is 0. The summed E-state index contributed by atoms with van der Waals surface area (Å²) in [5, 5.41) is 24.7. The Hall–Kier alpha value is -3.59. The van der Waals surface area contributed by atoms with Gasteiger partial charge in [0.2, 0.25) is 0 Å². The second-order valence-corrected chi connectivity index (χ2v) is 9.73. The second kappa shape index (κ2) is 7.73. The highest BCUT2D eigenvalue weighted by Gasteiger charge is 2.59. The van der Waals surface area contributed by atoms with Crippen LogP contribution in [0.1, 0.15) is 36.9 Å². The molecule has 168 valence electrons. The van der Waals surface area contributed by atoms with Crippen LogP contribution in [0.15, 0.2) is 72.9 Å². The highest BCUT2D eigenvalue weighted by atomic mass is 16.3. The van der Waals surface area contributed by atoms with Gasteiger partial charge in [0.25, 0.3) is 0 Å². The SMILES string of the molecule is CNC1(c2ccc(-c3nc4ccnc(C#N)c4cc3-c3ccccc3)cc2)CC(O)(C2CC2)C1. The number of nitriles is 1. The van der Waals surface area contributed by atoms with Gasteiger partial charge in [-0.05, 0) is 61.9 Å². The highest BCUT2D eigenvalue weighted by Crippen LogP contribution is 2.58. The Morgan fingerprint density at radius 3 is 2.38 bits per heavy atom. The van der Waals surface area contributed by atoms with Crippen LogP contribution in [0.2, 0.25) is 0 Å². The Balaban J connectivity index is 1.43. The lowest BCUT2D eigenvalue weighted by Crippen LogP contribution is -2.62. The molecule has 2 saturated carbocycles. The molecule has 2 aliphatic carbocycles. The monoisotopic (exact) mass is 446 g/mol. The molecule has 0 spiro atoms. The number of aliphatic hydroxyl groups is 1. The number of nitrogens with zero attached hydrogens (tertiary/aromatic N) is 3. The molecule has 0 aliphatic heterocycles. The molecule has 0 atom stereocenters. The van der Waals surface area contributed by atoms with Gasteiger partial charge in [0.05, 0.1) is 16.8 Å². The number of nitrogens with one attached hydrogen (secondary N) is 1. The smallest absolute Gasteiger partial charge is 0.149 e. The molecule has 5 heteroatoms. The van der Waals surface area contributed by atoms with Gasteiger partial charge >= 0.3 is 0 Å². The van der Waals surface area contributed by atoms with Crippen molar-refractivity contribution in [3.8, 4) is 28.5 Å². The molecule has 2 aliphatic rings. The lowest BCUT2D eigenvalue weighted by atomic mass is 9.60. The van der Waals surface area contributed by atoms with Crippen LogP contribution >= 0.6 is 0 Å². The Morgan fingerprint density at radius 1 is 1.00 bits per heavy atom. The molecule has 4 aromatic rings. The molecule has 2 aromatic heterocycles. The molecule has 2 heterocycles. The van der Waals surface area contributed by atoms with Crippen LogP contribution in [0.5, 0.6) is 0 Å². The van der Waals surface area contributed by atoms with Crippen LogP contribution in [0.25, 0.3) is 33.3 Å². The van der Waals surface area contributed by atoms with Gasteiger partial charge in [-0.3, -0.25) is 0 Å². The zero-order chi connectivity index (χ0) is 23.3. The van der Waals surface area contributed by atoms with E-state index in [4.69, 9.17) is 4.98 Å². The fourth-order valence-electron chi connectivity index (χ4n) is 5.62. The normalized spacial score (nSPS) is 23.9. The predicted molar refractivity (Wildman–Crippen MR) is 133 cm³/mol. The van der Waals surface area contributed by atoms with Crippen LogP contribution in [-0.4, -0.2) is 27.7 Å². The molecule has 2 fully saturated rings. The standard InChI is InChI=1S/C29H26N4O/c1-31-28(17-29(34,18-28)22-11-12-22)21-9-7-20(8-10-21)27-23(19-5-3-2-4-6-19)15-24-25(33-27)13-14-32-26(24)16-30/h2-10,13-15,22,31,34H,11-12,17-18H2,1H3. The fourth-order valence-corrected chi connectivity index (χ4v) is 5.62. The second-order valence-electron chi connectivity index (χ2n) is 9.73. The number of pyridine rings is 2. The summed E-state index contributed by atoms with van der Waals surface area (Å²) in [5.41, 5.74) is 5.55. The number of rotatable bonds is 5. The van der Waals surface area contributed by atoms with Crippen molar-refractivity contribution in [2.45, 2.75) is 36.8 Å². The first-order valence-corrected chi connectivity index (χ1v) is 11.8. The van der Waals surface area contributed by atoms with Crippen molar-refractivity contribution in [1.29, 1.82) is 5.26 Å². The molecule has 34 heavy (non-hydrogen) atoms. The molecular formula is C29H26N4O. The first kappa shape index (κ1) is 21.0. The van der Waals surface area contributed by atoms with E-state index in [0.29, 0.717) is 11.6 Å². The van der Waals surface area contributed by atoms with Crippen molar-refractivity contribution >= 4 is 10.9 Å². The zero-order valence-electron chi connectivity index (χ0n) is 19.1. The third-order valence-corrected chi connectivity index (χ3v) is 7.68. The number of hydrogen-bond donors (Lipinski definition) is 2. The lowest BCUT2D eigenvalue weighted by molar-refractivity contribution is -0.117. The molecule has 0 amide bonds. The minimum atomic E-state index is -0.519. The summed E-state index contributed by atoms with van der Waals surface area (Å²) in [7, 11) is 1.99. The van der Waals surface area contributed by atoms with Crippen LogP contribution in [0, 0.1) is 17.2 Å². The number of hydrogen-bond acceptors (Lipinski definition) is 5. The Morgan fingerprint density at radius 2 is 1.74 bits per heavy atom. The number of fused-ring (bicyclic) bond motifs is 1. The summed E-state index contributed by atoms with van der Waals surface area (Å²) in [6.07, 6.45) is 5.45. The number of benzene rings is 2. The molecule has 2 N–H and O–H groups in total. The minimum Gasteiger partial charge on any atom is -0.389 e. The predicted octanol–water partition coefficient (Wildman–Crippen LogP) is 5.19. The molecule has 2 aromatic carbocycles. The van der Waals surface area contributed by atoms with Crippen LogP contribution in [-0.2, 0) is 5.54 Å². The zero-order valence-corrected chi connectivity index (χ0v) is 19.1. The van der Waals surface area contributed by atoms with E-state index in [2.05, 4.69) is 52.8 Å². The maximum atomic E-state index is 10.9. The van der Waals surface area contributed by atoms with E-state index in [-0.39, 0.29) is 5.54 Å². The van der Waals surface area contributed by atoms with E-state index in [1.165, 1.54) is 5.56 Å². The van der Waals surface area contributed by atoms with Crippen molar-refractivity contribution in [1.82, 2.24) is 15.3 Å². The van der Waals surface area contributed by atoms with E-state index in [0.717, 1.165) is 59.0 Å². The van der Waals surface area contributed by atoms with Gasteiger partial charge in [0.1, 0.15) is 11.8 Å². The van der Waals surface area contributed by atoms with E-state index in [9.17, 15) is 10.4 Å². The topological polar surface area (TPSA) is 81.8 Å². The van der Waals surface area contributed by atoms with Crippen molar-refractivity contribution in [2.75, 3.05) is 7.05 Å². The Labute approximate surface area is 199 Å². The molecule has 0 unspecified atom stereocenters. The first-order chi connectivity index (χ1) is 16.5. The summed E-state index contributed by atoms with van der Waals surface area (Å²) < 4.78 is 0. The van der Waals surface area contributed by atoms with Gasteiger partial charge in [-0.15, -0.1) is 0 Å². The van der Waals surface area contributed by atoms with Gasteiger partial charge in [-0.2, -0.15) is 5.26 Å². The van der Waals surface area contributed by atoms with E-state index >= 15 is 0 Å². The average molecular weight is 447 g/mol. The summed E-state index contributed by atoms with van der Waals surface area (Å²) in [6, 6.07) is 24.8. The maximum Gasteiger partial charge on any atom is 0.149 e. The molecule has 0 bridgehead atoms. The number of aromatic nitrogens is 2. The first-order valence-electron chi connectivity index (χ1n) is 11.8. The third-order valence-electron chi connectivity index (χ3n) is 7.68. The summed E-state index contributed by atoms with van der Waals surface area (Å²) in [4.78, 5) is 9.21. The minimum absolute atomic E-state index is 0.178. The van der Waals surface area contributed by atoms with Gasteiger partial charge in [0, 0.05) is 28.2 Å². The van der Waals surface area contributed by atoms with Crippen molar-refractivity contribution in [3.05, 3.63) is 84.2 Å². The van der Waals surface area contributed by atoms with E-state index in [1.807, 2.05) is 37.4 Å². The summed E-state index contributed by atoms with van der Waals surface area (Å²) in [5.74, 6) is 0.469.